The Balaban J connectivity index is 1.49. The molecule has 164 valence electrons. The molecule has 2 aliphatic rings. The number of imide groups is 1. The maximum atomic E-state index is 13.2. The zero-order valence-electron chi connectivity index (χ0n) is 18.0. The van der Waals surface area contributed by atoms with E-state index in [9.17, 15) is 14.4 Å². The second-order valence-electron chi connectivity index (χ2n) is 8.24. The van der Waals surface area contributed by atoms with Crippen LogP contribution in [0.3, 0.4) is 0 Å². The van der Waals surface area contributed by atoms with E-state index in [4.69, 9.17) is 10.00 Å². The summed E-state index contributed by atoms with van der Waals surface area (Å²) in [5.41, 5.74) is 0.679. The third-order valence-corrected chi connectivity index (χ3v) is 5.98. The molecule has 4 rings (SSSR count). The van der Waals surface area contributed by atoms with Crippen LogP contribution in [0.1, 0.15) is 36.5 Å². The van der Waals surface area contributed by atoms with Crippen LogP contribution in [0.5, 0.6) is 5.75 Å². The molecular weight excluding hydrogens is 408 g/mol. The molecule has 8 heteroatoms. The predicted octanol–water partition coefficient (Wildman–Crippen LogP) is 2.53. The number of hydrogen-bond donors (Lipinski definition) is 1. The van der Waals surface area contributed by atoms with Crippen molar-refractivity contribution >= 4 is 17.8 Å². The number of nitrogens with zero attached hydrogens (tertiary/aromatic N) is 3. The molecule has 4 amide bonds. The van der Waals surface area contributed by atoms with Crippen molar-refractivity contribution in [3.05, 3.63) is 65.2 Å². The molecule has 2 fully saturated rings. The average molecular weight is 432 g/mol. The van der Waals surface area contributed by atoms with E-state index in [0.717, 1.165) is 29.1 Å². The van der Waals surface area contributed by atoms with Crippen LogP contribution in [0, 0.1) is 11.3 Å². The summed E-state index contributed by atoms with van der Waals surface area (Å²) in [6.45, 7) is 1.70. The molecular formula is C24H24N4O4. The van der Waals surface area contributed by atoms with Crippen LogP contribution >= 0.6 is 0 Å². The molecule has 0 spiro atoms. The Morgan fingerprint density at radius 1 is 1.19 bits per heavy atom. The summed E-state index contributed by atoms with van der Waals surface area (Å²) < 4.78 is 5.18. The summed E-state index contributed by atoms with van der Waals surface area (Å²) in [6, 6.07) is 15.5. The second kappa shape index (κ2) is 8.35. The third kappa shape index (κ3) is 4.02. The van der Waals surface area contributed by atoms with Gasteiger partial charge in [0.15, 0.2) is 0 Å². The van der Waals surface area contributed by atoms with E-state index in [1.807, 2.05) is 30.3 Å². The minimum absolute atomic E-state index is 0.121. The zero-order chi connectivity index (χ0) is 22.9. The zero-order valence-corrected chi connectivity index (χ0v) is 18.0. The molecule has 1 saturated heterocycles. The fourth-order valence-corrected chi connectivity index (χ4v) is 3.88. The van der Waals surface area contributed by atoms with Gasteiger partial charge in [-0.15, -0.1) is 0 Å². The maximum Gasteiger partial charge on any atom is 0.325 e. The Morgan fingerprint density at radius 3 is 2.41 bits per heavy atom. The minimum Gasteiger partial charge on any atom is -0.497 e. The summed E-state index contributed by atoms with van der Waals surface area (Å²) in [6.07, 6.45) is 1.82. The van der Waals surface area contributed by atoms with Gasteiger partial charge in [0.2, 0.25) is 5.91 Å². The van der Waals surface area contributed by atoms with Gasteiger partial charge in [0.25, 0.3) is 5.91 Å². The van der Waals surface area contributed by atoms with Crippen molar-refractivity contribution < 1.29 is 19.1 Å². The summed E-state index contributed by atoms with van der Waals surface area (Å²) in [7, 11) is 1.60. The lowest BCUT2D eigenvalue weighted by Crippen LogP contribution is -2.45. The van der Waals surface area contributed by atoms with Crippen molar-refractivity contribution in [2.24, 2.45) is 0 Å². The number of hydrogen-bond acceptors (Lipinski definition) is 5. The Hall–Kier alpha value is -3.86. The number of methoxy groups -OCH3 is 1. The fourth-order valence-electron chi connectivity index (χ4n) is 3.88. The molecule has 1 unspecified atom stereocenters. The highest BCUT2D eigenvalue weighted by Gasteiger charge is 2.50. The van der Waals surface area contributed by atoms with Gasteiger partial charge in [-0.05, 0) is 55.2 Å². The van der Waals surface area contributed by atoms with Crippen LogP contribution in [0.4, 0.5) is 4.79 Å². The number of nitriles is 1. The molecule has 2 aromatic carbocycles. The van der Waals surface area contributed by atoms with Crippen LogP contribution in [0.15, 0.2) is 48.5 Å². The first-order valence-electron chi connectivity index (χ1n) is 10.4. The van der Waals surface area contributed by atoms with Gasteiger partial charge in [-0.3, -0.25) is 14.5 Å². The van der Waals surface area contributed by atoms with Crippen LogP contribution in [0.25, 0.3) is 0 Å². The third-order valence-electron chi connectivity index (χ3n) is 5.98. The Bertz CT molecular complexity index is 1090. The second-order valence-corrected chi connectivity index (χ2v) is 8.24. The molecule has 0 aromatic heterocycles. The van der Waals surface area contributed by atoms with Crippen molar-refractivity contribution in [3.8, 4) is 11.8 Å². The van der Waals surface area contributed by atoms with E-state index in [1.165, 1.54) is 0 Å². The molecule has 32 heavy (non-hydrogen) atoms. The first-order chi connectivity index (χ1) is 15.4. The van der Waals surface area contributed by atoms with Gasteiger partial charge in [-0.2, -0.15) is 5.26 Å². The number of ether oxygens (including phenoxy) is 1. The van der Waals surface area contributed by atoms with Crippen LogP contribution in [-0.4, -0.2) is 47.3 Å². The Morgan fingerprint density at radius 2 is 1.84 bits per heavy atom. The van der Waals surface area contributed by atoms with E-state index in [2.05, 4.69) is 5.32 Å². The molecule has 1 atom stereocenters. The topological polar surface area (TPSA) is 103 Å². The molecule has 0 radical (unpaired) electrons. The highest BCUT2D eigenvalue weighted by atomic mass is 16.5. The molecule has 1 saturated carbocycles. The largest absolute Gasteiger partial charge is 0.497 e. The quantitative estimate of drug-likeness (QED) is 0.678. The number of urea groups is 1. The summed E-state index contributed by atoms with van der Waals surface area (Å²) in [4.78, 5) is 41.6. The van der Waals surface area contributed by atoms with Crippen LogP contribution in [0.2, 0.25) is 0 Å². The first-order valence-corrected chi connectivity index (χ1v) is 10.4. The summed E-state index contributed by atoms with van der Waals surface area (Å²) >= 11 is 0. The molecule has 8 nitrogen and oxygen atoms in total. The highest BCUT2D eigenvalue weighted by molar-refractivity contribution is 6.09. The fraction of sp³-hybridized carbons (Fsp3) is 0.333. The number of rotatable bonds is 7. The molecule has 1 heterocycles. The lowest BCUT2D eigenvalue weighted by atomic mass is 9.91. The minimum atomic E-state index is -1.29. The van der Waals surface area contributed by atoms with Gasteiger partial charge in [0.05, 0.1) is 18.7 Å². The molecule has 1 aliphatic carbocycles. The lowest BCUT2D eigenvalue weighted by Gasteiger charge is -2.25. The van der Waals surface area contributed by atoms with Crippen molar-refractivity contribution in [2.75, 3.05) is 13.7 Å². The van der Waals surface area contributed by atoms with Gasteiger partial charge in [0.1, 0.15) is 17.8 Å². The van der Waals surface area contributed by atoms with Gasteiger partial charge in [-0.1, -0.05) is 24.3 Å². The van der Waals surface area contributed by atoms with Gasteiger partial charge >= 0.3 is 6.03 Å². The summed E-state index contributed by atoms with van der Waals surface area (Å²) in [5, 5.41) is 11.7. The normalized spacial score (nSPS) is 20.0. The average Bonchev–Trinajstić information content (AvgIpc) is 3.62. The van der Waals surface area contributed by atoms with E-state index >= 15 is 0 Å². The summed E-state index contributed by atoms with van der Waals surface area (Å²) in [5.74, 6) is -0.0175. The van der Waals surface area contributed by atoms with E-state index in [1.54, 1.807) is 43.2 Å². The smallest absolute Gasteiger partial charge is 0.325 e. The number of carbonyl (C=O) groups excluding carboxylic acids is 3. The Labute approximate surface area is 186 Å². The van der Waals surface area contributed by atoms with Crippen molar-refractivity contribution in [2.45, 2.75) is 37.9 Å². The molecule has 0 bridgehead atoms. The number of carbonyl (C=O) groups is 3. The van der Waals surface area contributed by atoms with Crippen molar-refractivity contribution in [1.29, 1.82) is 5.26 Å². The molecule has 1 aliphatic heterocycles. The number of amides is 4. The lowest BCUT2D eigenvalue weighted by molar-refractivity contribution is -0.139. The van der Waals surface area contributed by atoms with Gasteiger partial charge in [-0.25, -0.2) is 4.79 Å². The first kappa shape index (κ1) is 21.4. The van der Waals surface area contributed by atoms with Crippen LogP contribution < -0.4 is 10.1 Å². The number of benzene rings is 2. The van der Waals surface area contributed by atoms with Gasteiger partial charge in [0, 0.05) is 12.6 Å². The predicted molar refractivity (Wildman–Crippen MR) is 115 cm³/mol. The van der Waals surface area contributed by atoms with Crippen molar-refractivity contribution in [1.82, 2.24) is 15.1 Å². The SMILES string of the molecule is COc1ccc(CN(C(=O)CN2C(=O)NC(C)(c3ccc(C#N)cc3)C2=O)C2CC2)cc1. The van der Waals surface area contributed by atoms with Crippen LogP contribution in [-0.2, 0) is 21.7 Å². The molecule has 2 aromatic rings. The monoisotopic (exact) mass is 432 g/mol. The Kier molecular flexibility index (Phi) is 5.57. The number of nitrogens with one attached hydrogen (secondary N) is 1. The highest BCUT2D eigenvalue weighted by Crippen LogP contribution is 2.31. The van der Waals surface area contributed by atoms with E-state index in [0.29, 0.717) is 17.7 Å². The standard InChI is InChI=1S/C24H24N4O4/c1-24(18-7-3-16(13-25)4-8-18)22(30)28(23(31)26-24)15-21(29)27(19-9-10-19)14-17-5-11-20(32-2)12-6-17/h3-8,11-12,19H,9-10,14-15H2,1-2H3,(H,26,31). The maximum absolute atomic E-state index is 13.2. The molecule has 1 N–H and O–H groups in total. The van der Waals surface area contributed by atoms with E-state index in [-0.39, 0.29) is 18.5 Å². The van der Waals surface area contributed by atoms with E-state index < -0.39 is 17.5 Å². The van der Waals surface area contributed by atoms with Crippen molar-refractivity contribution in [3.63, 3.8) is 0 Å². The van der Waals surface area contributed by atoms with Gasteiger partial charge < -0.3 is 15.0 Å².